The molecule has 0 aliphatic heterocycles. The Labute approximate surface area is 199 Å². The van der Waals surface area contributed by atoms with E-state index in [2.05, 4.69) is 23.8 Å². The van der Waals surface area contributed by atoms with Gasteiger partial charge in [-0.3, -0.25) is 0 Å². The summed E-state index contributed by atoms with van der Waals surface area (Å²) < 4.78 is 11.7. The van der Waals surface area contributed by atoms with Gasteiger partial charge in [0.2, 0.25) is 0 Å². The van der Waals surface area contributed by atoms with Gasteiger partial charge in [0.1, 0.15) is 6.10 Å². The Bertz CT molecular complexity index is 812. The molecule has 1 aromatic heterocycles. The van der Waals surface area contributed by atoms with Gasteiger partial charge in [-0.05, 0) is 62.6 Å². The summed E-state index contributed by atoms with van der Waals surface area (Å²) in [6.07, 6.45) is 17.5. The summed E-state index contributed by atoms with van der Waals surface area (Å²) in [6, 6.07) is 7.41. The molecule has 0 amide bonds. The van der Waals surface area contributed by atoms with Crippen LogP contribution in [-0.2, 0) is 15.9 Å². The number of carbonyl (C=O) groups excluding carboxylic acids is 1. The zero-order valence-corrected chi connectivity index (χ0v) is 20.4. The molecule has 2 aromatic rings. The highest BCUT2D eigenvalue weighted by atomic mass is 16.5. The number of unbranched alkanes of at least 4 members (excludes halogenated alkanes) is 5. The number of rotatable bonds is 13. The number of aryl methyl sites for hydroxylation is 1. The van der Waals surface area contributed by atoms with E-state index in [4.69, 9.17) is 9.47 Å². The minimum atomic E-state index is -0.253. The summed E-state index contributed by atoms with van der Waals surface area (Å²) in [6.45, 7) is 5.24. The molecule has 0 unspecified atom stereocenters. The number of aromatic nitrogens is 2. The molecule has 1 saturated carbocycles. The maximum absolute atomic E-state index is 12.6. The molecule has 5 heteroatoms. The fourth-order valence-electron chi connectivity index (χ4n) is 4.25. The minimum absolute atomic E-state index is 0.0129. The van der Waals surface area contributed by atoms with E-state index in [0.29, 0.717) is 17.5 Å². The van der Waals surface area contributed by atoms with Crippen molar-refractivity contribution in [2.24, 2.45) is 0 Å². The first-order chi connectivity index (χ1) is 16.2. The van der Waals surface area contributed by atoms with E-state index in [0.717, 1.165) is 57.1 Å². The standard InChI is InChI=1S/C28H40N2O3/c1-3-5-7-8-9-10-22-20-29-27(30-21-22)23-11-13-24(14-12-23)28(31)33-26-17-15-25(16-18-26)32-19-6-4-2/h11-14,20-21,25-26H,3-10,15-19H2,1-2H3. The fourth-order valence-corrected chi connectivity index (χ4v) is 4.25. The molecule has 1 aromatic carbocycles. The Morgan fingerprint density at radius 3 is 2.15 bits per heavy atom. The van der Waals surface area contributed by atoms with E-state index >= 15 is 0 Å². The summed E-state index contributed by atoms with van der Waals surface area (Å²) in [7, 11) is 0. The fraction of sp³-hybridized carbons (Fsp3) is 0.607. The second kappa shape index (κ2) is 14.1. The Hall–Kier alpha value is -2.27. The number of hydrogen-bond donors (Lipinski definition) is 0. The van der Waals surface area contributed by atoms with E-state index < -0.39 is 0 Å². The van der Waals surface area contributed by atoms with Crippen molar-refractivity contribution in [1.29, 1.82) is 0 Å². The summed E-state index contributed by atoms with van der Waals surface area (Å²) in [5.41, 5.74) is 2.66. The van der Waals surface area contributed by atoms with Crippen LogP contribution in [0, 0.1) is 0 Å². The van der Waals surface area contributed by atoms with Gasteiger partial charge >= 0.3 is 5.97 Å². The van der Waals surface area contributed by atoms with Gasteiger partial charge in [-0.1, -0.05) is 58.1 Å². The number of ether oxygens (including phenoxy) is 2. The van der Waals surface area contributed by atoms with Crippen molar-refractivity contribution in [1.82, 2.24) is 9.97 Å². The average Bonchev–Trinajstić information content (AvgIpc) is 2.86. The molecule has 1 fully saturated rings. The number of nitrogens with zero attached hydrogens (tertiary/aromatic N) is 2. The van der Waals surface area contributed by atoms with Crippen LogP contribution in [0.2, 0.25) is 0 Å². The predicted octanol–water partition coefficient (Wildman–Crippen LogP) is 6.94. The van der Waals surface area contributed by atoms with Gasteiger partial charge in [0.25, 0.3) is 0 Å². The average molecular weight is 453 g/mol. The van der Waals surface area contributed by atoms with E-state index in [1.165, 1.54) is 37.7 Å². The molecule has 0 radical (unpaired) electrons. The first kappa shape index (κ1) is 25.4. The summed E-state index contributed by atoms with van der Waals surface area (Å²) in [5, 5.41) is 0. The van der Waals surface area contributed by atoms with Crippen molar-refractivity contribution in [2.45, 2.75) is 103 Å². The van der Waals surface area contributed by atoms with Crippen molar-refractivity contribution in [2.75, 3.05) is 6.61 Å². The molecule has 180 valence electrons. The molecule has 3 rings (SSSR count). The first-order valence-corrected chi connectivity index (χ1v) is 12.9. The van der Waals surface area contributed by atoms with Gasteiger partial charge in [0.05, 0.1) is 11.7 Å². The topological polar surface area (TPSA) is 61.3 Å². The van der Waals surface area contributed by atoms with Gasteiger partial charge in [-0.15, -0.1) is 0 Å². The number of hydrogen-bond acceptors (Lipinski definition) is 5. The lowest BCUT2D eigenvalue weighted by molar-refractivity contribution is -0.0201. The normalized spacial score (nSPS) is 18.2. The number of esters is 1. The molecular weight excluding hydrogens is 412 g/mol. The monoisotopic (exact) mass is 452 g/mol. The molecule has 0 spiro atoms. The van der Waals surface area contributed by atoms with Crippen molar-refractivity contribution in [3.05, 3.63) is 47.8 Å². The molecular formula is C28H40N2O3. The van der Waals surface area contributed by atoms with Gasteiger partial charge in [0.15, 0.2) is 5.82 Å². The smallest absolute Gasteiger partial charge is 0.338 e. The predicted molar refractivity (Wildman–Crippen MR) is 132 cm³/mol. The third kappa shape index (κ3) is 8.54. The molecule has 1 heterocycles. The van der Waals surface area contributed by atoms with Crippen LogP contribution < -0.4 is 0 Å². The molecule has 1 aliphatic carbocycles. The highest BCUT2D eigenvalue weighted by Gasteiger charge is 2.24. The molecule has 5 nitrogen and oxygen atoms in total. The van der Waals surface area contributed by atoms with Crippen molar-refractivity contribution < 1.29 is 14.3 Å². The third-order valence-corrected chi connectivity index (χ3v) is 6.40. The van der Waals surface area contributed by atoms with Crippen LogP contribution in [0.4, 0.5) is 0 Å². The van der Waals surface area contributed by atoms with Gasteiger partial charge < -0.3 is 9.47 Å². The Morgan fingerprint density at radius 1 is 0.848 bits per heavy atom. The Morgan fingerprint density at radius 2 is 1.48 bits per heavy atom. The summed E-state index contributed by atoms with van der Waals surface area (Å²) in [4.78, 5) is 21.6. The lowest BCUT2D eigenvalue weighted by Gasteiger charge is -2.28. The van der Waals surface area contributed by atoms with Crippen LogP contribution in [0.25, 0.3) is 11.4 Å². The lowest BCUT2D eigenvalue weighted by atomic mass is 9.95. The van der Waals surface area contributed by atoms with Crippen molar-refractivity contribution in [3.8, 4) is 11.4 Å². The van der Waals surface area contributed by atoms with Crippen LogP contribution in [-0.4, -0.2) is 34.8 Å². The lowest BCUT2D eigenvalue weighted by Crippen LogP contribution is -2.28. The van der Waals surface area contributed by atoms with Crippen LogP contribution in [0.15, 0.2) is 36.7 Å². The van der Waals surface area contributed by atoms with Crippen molar-refractivity contribution >= 4 is 5.97 Å². The molecule has 0 saturated heterocycles. The van der Waals surface area contributed by atoms with Crippen molar-refractivity contribution in [3.63, 3.8) is 0 Å². The highest BCUT2D eigenvalue weighted by Crippen LogP contribution is 2.25. The third-order valence-electron chi connectivity index (χ3n) is 6.40. The van der Waals surface area contributed by atoms with Crippen LogP contribution in [0.3, 0.4) is 0 Å². The van der Waals surface area contributed by atoms with Gasteiger partial charge in [-0.2, -0.15) is 0 Å². The Balaban J connectivity index is 1.43. The summed E-state index contributed by atoms with van der Waals surface area (Å²) in [5.74, 6) is 0.433. The van der Waals surface area contributed by atoms with Crippen LogP contribution in [0.1, 0.15) is 100 Å². The van der Waals surface area contributed by atoms with E-state index in [1.54, 1.807) is 0 Å². The minimum Gasteiger partial charge on any atom is -0.459 e. The number of benzene rings is 1. The maximum atomic E-state index is 12.6. The molecule has 0 atom stereocenters. The molecule has 0 N–H and O–H groups in total. The Kier molecular flexibility index (Phi) is 10.8. The zero-order valence-electron chi connectivity index (χ0n) is 20.4. The zero-order chi connectivity index (χ0) is 23.3. The molecule has 1 aliphatic rings. The van der Waals surface area contributed by atoms with Gasteiger partial charge in [-0.25, -0.2) is 14.8 Å². The van der Waals surface area contributed by atoms with Gasteiger partial charge in [0, 0.05) is 24.6 Å². The molecule has 0 bridgehead atoms. The van der Waals surface area contributed by atoms with E-state index in [-0.39, 0.29) is 12.1 Å². The second-order valence-corrected chi connectivity index (χ2v) is 9.18. The van der Waals surface area contributed by atoms with E-state index in [9.17, 15) is 4.79 Å². The SMILES string of the molecule is CCCCCCCc1cnc(-c2ccc(C(=O)OC3CCC(OCCCC)CC3)cc2)nc1. The quantitative estimate of drug-likeness (QED) is 0.243. The van der Waals surface area contributed by atoms with E-state index in [1.807, 2.05) is 36.7 Å². The molecule has 33 heavy (non-hydrogen) atoms. The second-order valence-electron chi connectivity index (χ2n) is 9.18. The summed E-state index contributed by atoms with van der Waals surface area (Å²) >= 11 is 0. The maximum Gasteiger partial charge on any atom is 0.338 e. The van der Waals surface area contributed by atoms with Crippen LogP contribution >= 0.6 is 0 Å². The first-order valence-electron chi connectivity index (χ1n) is 12.9. The number of carbonyl (C=O) groups is 1. The largest absolute Gasteiger partial charge is 0.459 e. The van der Waals surface area contributed by atoms with Crippen LogP contribution in [0.5, 0.6) is 0 Å². The highest BCUT2D eigenvalue weighted by molar-refractivity contribution is 5.90.